The van der Waals surface area contributed by atoms with E-state index in [-0.39, 0.29) is 18.4 Å². The van der Waals surface area contributed by atoms with Gasteiger partial charge in [0, 0.05) is 28.5 Å². The van der Waals surface area contributed by atoms with Gasteiger partial charge in [0.05, 0.1) is 17.3 Å². The lowest BCUT2D eigenvalue weighted by molar-refractivity contribution is -0.121. The van der Waals surface area contributed by atoms with Gasteiger partial charge in [-0.3, -0.25) is 4.79 Å². The molecule has 27 heavy (non-hydrogen) atoms. The van der Waals surface area contributed by atoms with Crippen LogP contribution in [0.25, 0.3) is 11.3 Å². The van der Waals surface area contributed by atoms with Gasteiger partial charge in [-0.05, 0) is 36.8 Å². The normalized spacial score (nSPS) is 12.0. The molecule has 1 atom stereocenters. The molecule has 2 aromatic carbocycles. The molecule has 7 heteroatoms. The highest BCUT2D eigenvalue weighted by Crippen LogP contribution is 2.31. The first-order chi connectivity index (χ1) is 12.9. The number of amides is 1. The number of benzene rings is 2. The predicted octanol–water partition coefficient (Wildman–Crippen LogP) is 6.11. The lowest BCUT2D eigenvalue weighted by Crippen LogP contribution is -2.27. The van der Waals surface area contributed by atoms with Crippen LogP contribution in [0.5, 0.6) is 0 Å². The Morgan fingerprint density at radius 3 is 2.67 bits per heavy atom. The lowest BCUT2D eigenvalue weighted by atomic mass is 10.1. The van der Waals surface area contributed by atoms with E-state index in [0.717, 1.165) is 5.56 Å². The fraction of sp³-hybridized carbons (Fsp3) is 0.200. The number of nitrogens with one attached hydrogen (secondary N) is 1. The summed E-state index contributed by atoms with van der Waals surface area (Å²) >= 11 is 18.3. The molecule has 3 aromatic rings. The molecule has 0 saturated heterocycles. The molecule has 0 spiro atoms. The number of hydrogen-bond donors (Lipinski definition) is 1. The largest absolute Gasteiger partial charge is 0.441 e. The maximum atomic E-state index is 12.2. The average Bonchev–Trinajstić information content (AvgIpc) is 3.09. The van der Waals surface area contributed by atoms with Crippen molar-refractivity contribution in [3.8, 4) is 11.3 Å². The highest BCUT2D eigenvalue weighted by atomic mass is 35.5. The van der Waals surface area contributed by atoms with Crippen molar-refractivity contribution in [2.45, 2.75) is 25.8 Å². The van der Waals surface area contributed by atoms with Gasteiger partial charge in [-0.15, -0.1) is 0 Å². The standard InChI is InChI=1S/C20H17Cl3N2O2/c1-12(14-4-2-3-5-16(14)22)25-19(26)8-9-20-24-11-18(27-20)15-7-6-13(21)10-17(15)23/h2-7,10-12H,8-9H2,1H3,(H,25,26). The predicted molar refractivity (Wildman–Crippen MR) is 108 cm³/mol. The van der Waals surface area contributed by atoms with Gasteiger partial charge in [-0.1, -0.05) is 53.0 Å². The van der Waals surface area contributed by atoms with E-state index >= 15 is 0 Å². The highest BCUT2D eigenvalue weighted by molar-refractivity contribution is 6.36. The molecular formula is C20H17Cl3N2O2. The van der Waals surface area contributed by atoms with Crippen LogP contribution in [-0.4, -0.2) is 10.9 Å². The fourth-order valence-electron chi connectivity index (χ4n) is 2.68. The molecule has 140 valence electrons. The molecule has 0 aliphatic carbocycles. The molecule has 0 radical (unpaired) electrons. The number of hydrogen-bond acceptors (Lipinski definition) is 3. The van der Waals surface area contributed by atoms with Crippen molar-refractivity contribution in [3.63, 3.8) is 0 Å². The van der Waals surface area contributed by atoms with Crippen LogP contribution in [0.1, 0.15) is 30.8 Å². The summed E-state index contributed by atoms with van der Waals surface area (Å²) in [6.07, 6.45) is 2.23. The maximum Gasteiger partial charge on any atom is 0.220 e. The molecule has 0 bridgehead atoms. The third-order valence-corrected chi connectivity index (χ3v) is 4.96. The van der Waals surface area contributed by atoms with E-state index in [2.05, 4.69) is 10.3 Å². The molecule has 4 nitrogen and oxygen atoms in total. The lowest BCUT2D eigenvalue weighted by Gasteiger charge is -2.15. The SMILES string of the molecule is CC(NC(=O)CCc1ncc(-c2ccc(Cl)cc2Cl)o1)c1ccccc1Cl. The minimum atomic E-state index is -0.181. The Labute approximate surface area is 172 Å². The Morgan fingerprint density at radius 2 is 1.93 bits per heavy atom. The van der Waals surface area contributed by atoms with Gasteiger partial charge < -0.3 is 9.73 Å². The second-order valence-electron chi connectivity index (χ2n) is 6.05. The summed E-state index contributed by atoms with van der Waals surface area (Å²) in [5.41, 5.74) is 1.58. The van der Waals surface area contributed by atoms with Crippen molar-refractivity contribution in [1.29, 1.82) is 0 Å². The Hall–Kier alpha value is -2.01. The van der Waals surface area contributed by atoms with E-state index in [9.17, 15) is 4.79 Å². The minimum Gasteiger partial charge on any atom is -0.441 e. The first kappa shape index (κ1) is 19.7. The summed E-state index contributed by atoms with van der Waals surface area (Å²) in [6, 6.07) is 12.4. The zero-order valence-corrected chi connectivity index (χ0v) is 16.8. The van der Waals surface area contributed by atoms with Crippen LogP contribution in [0.2, 0.25) is 15.1 Å². The summed E-state index contributed by atoms with van der Waals surface area (Å²) in [6.45, 7) is 1.89. The van der Waals surface area contributed by atoms with Gasteiger partial charge >= 0.3 is 0 Å². The van der Waals surface area contributed by atoms with E-state index in [1.54, 1.807) is 30.5 Å². The number of aromatic nitrogens is 1. The molecule has 0 saturated carbocycles. The van der Waals surface area contributed by atoms with Gasteiger partial charge in [0.2, 0.25) is 5.91 Å². The van der Waals surface area contributed by atoms with Gasteiger partial charge in [0.1, 0.15) is 0 Å². The van der Waals surface area contributed by atoms with Crippen molar-refractivity contribution in [3.05, 3.63) is 75.2 Å². The highest BCUT2D eigenvalue weighted by Gasteiger charge is 2.14. The summed E-state index contributed by atoms with van der Waals surface area (Å²) < 4.78 is 5.71. The van der Waals surface area contributed by atoms with Crippen LogP contribution in [0.4, 0.5) is 0 Å². The van der Waals surface area contributed by atoms with E-state index in [0.29, 0.717) is 38.7 Å². The second kappa shape index (κ2) is 8.79. The molecule has 1 amide bonds. The molecule has 3 rings (SSSR count). The summed E-state index contributed by atoms with van der Waals surface area (Å²) in [5.74, 6) is 0.903. The molecule has 0 aliphatic heterocycles. The van der Waals surface area contributed by atoms with Crippen molar-refractivity contribution < 1.29 is 9.21 Å². The molecular weight excluding hydrogens is 407 g/mol. The van der Waals surface area contributed by atoms with E-state index in [4.69, 9.17) is 39.2 Å². The Balaban J connectivity index is 1.58. The number of nitrogens with zero attached hydrogens (tertiary/aromatic N) is 1. The molecule has 1 N–H and O–H groups in total. The van der Waals surface area contributed by atoms with Crippen LogP contribution < -0.4 is 5.32 Å². The van der Waals surface area contributed by atoms with Gasteiger partial charge in [-0.2, -0.15) is 0 Å². The minimum absolute atomic E-state index is 0.105. The van der Waals surface area contributed by atoms with E-state index < -0.39 is 0 Å². The third-order valence-electron chi connectivity index (χ3n) is 4.07. The van der Waals surface area contributed by atoms with Crippen molar-refractivity contribution in [1.82, 2.24) is 10.3 Å². The van der Waals surface area contributed by atoms with E-state index in [1.807, 2.05) is 25.1 Å². The Kier molecular flexibility index (Phi) is 6.42. The van der Waals surface area contributed by atoms with Crippen LogP contribution in [0, 0.1) is 0 Å². The zero-order valence-electron chi connectivity index (χ0n) is 14.5. The van der Waals surface area contributed by atoms with E-state index in [1.165, 1.54) is 0 Å². The third kappa shape index (κ3) is 5.04. The zero-order chi connectivity index (χ0) is 19.4. The van der Waals surface area contributed by atoms with Gasteiger partial charge in [0.25, 0.3) is 0 Å². The number of halogens is 3. The number of carbonyl (C=O) groups is 1. The molecule has 1 heterocycles. The average molecular weight is 424 g/mol. The van der Waals surface area contributed by atoms with Crippen molar-refractivity contribution >= 4 is 40.7 Å². The van der Waals surface area contributed by atoms with Crippen LogP contribution in [0.3, 0.4) is 0 Å². The number of oxazole rings is 1. The number of carbonyl (C=O) groups excluding carboxylic acids is 1. The quantitative estimate of drug-likeness (QED) is 0.520. The maximum absolute atomic E-state index is 12.2. The van der Waals surface area contributed by atoms with Crippen molar-refractivity contribution in [2.24, 2.45) is 0 Å². The first-order valence-corrected chi connectivity index (χ1v) is 9.51. The van der Waals surface area contributed by atoms with Crippen LogP contribution >= 0.6 is 34.8 Å². The van der Waals surface area contributed by atoms with Gasteiger partial charge in [-0.25, -0.2) is 4.98 Å². The fourth-order valence-corrected chi connectivity index (χ4v) is 3.48. The summed E-state index contributed by atoms with van der Waals surface area (Å²) in [7, 11) is 0. The number of rotatable bonds is 6. The Morgan fingerprint density at radius 1 is 1.15 bits per heavy atom. The molecule has 0 fully saturated rings. The summed E-state index contributed by atoms with van der Waals surface area (Å²) in [4.78, 5) is 16.4. The molecule has 0 aliphatic rings. The molecule has 1 aromatic heterocycles. The first-order valence-electron chi connectivity index (χ1n) is 8.38. The summed E-state index contributed by atoms with van der Waals surface area (Å²) in [5, 5.41) is 4.59. The monoisotopic (exact) mass is 422 g/mol. The smallest absolute Gasteiger partial charge is 0.220 e. The van der Waals surface area contributed by atoms with Gasteiger partial charge in [0.15, 0.2) is 11.7 Å². The number of aryl methyl sites for hydroxylation is 1. The Bertz CT molecular complexity index is 956. The molecule has 1 unspecified atom stereocenters. The second-order valence-corrected chi connectivity index (χ2v) is 7.30. The topological polar surface area (TPSA) is 55.1 Å². The van der Waals surface area contributed by atoms with Crippen LogP contribution in [-0.2, 0) is 11.2 Å². The van der Waals surface area contributed by atoms with Crippen molar-refractivity contribution in [2.75, 3.05) is 0 Å². The van der Waals surface area contributed by atoms with Crippen LogP contribution in [0.15, 0.2) is 53.1 Å².